The van der Waals surface area contributed by atoms with Gasteiger partial charge in [-0.1, -0.05) is 11.6 Å². The molecule has 1 saturated heterocycles. The van der Waals surface area contributed by atoms with Gasteiger partial charge in [-0.3, -0.25) is 14.9 Å². The number of carbonyl (C=O) groups excluding carboxylic acids is 1. The van der Waals surface area contributed by atoms with Gasteiger partial charge in [0.2, 0.25) is 0 Å². The van der Waals surface area contributed by atoms with Crippen molar-refractivity contribution in [2.24, 2.45) is 10.7 Å². The lowest BCUT2D eigenvalue weighted by atomic mass is 10.1. The zero-order valence-corrected chi connectivity index (χ0v) is 19.9. The molecule has 1 atom stereocenters. The number of nitrogens with one attached hydrogen (secondary N) is 4. The van der Waals surface area contributed by atoms with Gasteiger partial charge in [0, 0.05) is 29.2 Å². The number of allylic oxidation sites excluding steroid dienone is 1. The van der Waals surface area contributed by atoms with Gasteiger partial charge >= 0.3 is 6.61 Å². The molecule has 2 aliphatic heterocycles. The molecule has 0 spiro atoms. The molecule has 3 heterocycles. The van der Waals surface area contributed by atoms with E-state index < -0.39 is 18.4 Å². The molecule has 13 heteroatoms. The Hall–Kier alpha value is -3.77. The molecule has 1 fully saturated rings. The fourth-order valence-electron chi connectivity index (χ4n) is 4.02. The topological polar surface area (TPSA) is 142 Å². The van der Waals surface area contributed by atoms with Gasteiger partial charge in [-0.05, 0) is 56.6 Å². The second-order valence-corrected chi connectivity index (χ2v) is 8.53. The summed E-state index contributed by atoms with van der Waals surface area (Å²) in [5, 5.41) is 21.7. The third-order valence-corrected chi connectivity index (χ3v) is 5.89. The van der Waals surface area contributed by atoms with Crippen LogP contribution in [0.15, 0.2) is 53.1 Å². The van der Waals surface area contributed by atoms with Gasteiger partial charge < -0.3 is 26.4 Å². The summed E-state index contributed by atoms with van der Waals surface area (Å²) in [4.78, 5) is 17.3. The quantitative estimate of drug-likeness (QED) is 0.216. The lowest BCUT2D eigenvalue weighted by Gasteiger charge is -2.14. The van der Waals surface area contributed by atoms with Gasteiger partial charge in [0.05, 0.1) is 11.7 Å². The number of anilines is 1. The summed E-state index contributed by atoms with van der Waals surface area (Å²) in [6.45, 7) is -1.40. The highest BCUT2D eigenvalue weighted by atomic mass is 35.5. The summed E-state index contributed by atoms with van der Waals surface area (Å²) in [5.41, 5.74) is 6.08. The van der Waals surface area contributed by atoms with Gasteiger partial charge in [0.15, 0.2) is 0 Å². The second kappa shape index (κ2) is 11.3. The Morgan fingerprint density at radius 2 is 2.17 bits per heavy atom. The van der Waals surface area contributed by atoms with Gasteiger partial charge in [0.1, 0.15) is 28.7 Å². The first kappa shape index (κ1) is 25.3. The molecule has 2 aliphatic rings. The Morgan fingerprint density at radius 1 is 1.33 bits per heavy atom. The minimum absolute atomic E-state index is 0.0171. The molecule has 1 amide bonds. The van der Waals surface area contributed by atoms with Crippen LogP contribution in [0.25, 0.3) is 11.3 Å². The van der Waals surface area contributed by atoms with Crippen LogP contribution < -0.4 is 26.4 Å². The summed E-state index contributed by atoms with van der Waals surface area (Å²) in [7, 11) is 0. The SMILES string of the molecule is N=C(N)/C(C(=O)Nc1cn(C2CCCNCC2)nc1-c1cc(Cl)ccc1OC(F)F)=C1/N=CC=CN1. The minimum Gasteiger partial charge on any atom is -0.434 e. The lowest BCUT2D eigenvalue weighted by molar-refractivity contribution is -0.112. The normalized spacial score (nSPS) is 18.9. The molecule has 190 valence electrons. The summed E-state index contributed by atoms with van der Waals surface area (Å²) < 4.78 is 32.7. The highest BCUT2D eigenvalue weighted by Crippen LogP contribution is 2.38. The maximum atomic E-state index is 13.3. The van der Waals surface area contributed by atoms with E-state index in [1.54, 1.807) is 23.2 Å². The first-order valence-corrected chi connectivity index (χ1v) is 11.6. The largest absolute Gasteiger partial charge is 0.434 e. The maximum Gasteiger partial charge on any atom is 0.387 e. The Bertz CT molecular complexity index is 1230. The van der Waals surface area contributed by atoms with Crippen LogP contribution in [0.3, 0.4) is 0 Å². The second-order valence-electron chi connectivity index (χ2n) is 8.10. The van der Waals surface area contributed by atoms with Crippen LogP contribution in [-0.2, 0) is 4.79 Å². The van der Waals surface area contributed by atoms with Crippen LogP contribution in [0.1, 0.15) is 25.3 Å². The monoisotopic (exact) mass is 518 g/mol. The molecular weight excluding hydrogens is 494 g/mol. The average Bonchev–Trinajstić information content (AvgIpc) is 3.05. The molecule has 1 unspecified atom stereocenters. The fraction of sp³-hybridized carbons (Fsp3) is 0.304. The van der Waals surface area contributed by atoms with Crippen LogP contribution >= 0.6 is 11.6 Å². The summed E-state index contributed by atoms with van der Waals surface area (Å²) in [5.74, 6) is -1.28. The number of rotatable bonds is 7. The van der Waals surface area contributed by atoms with E-state index in [1.165, 1.54) is 24.4 Å². The smallest absolute Gasteiger partial charge is 0.387 e. The first-order valence-electron chi connectivity index (χ1n) is 11.2. The molecule has 0 radical (unpaired) electrons. The van der Waals surface area contributed by atoms with Gasteiger partial charge in [-0.25, -0.2) is 4.99 Å². The Labute approximate surface area is 210 Å². The van der Waals surface area contributed by atoms with E-state index >= 15 is 0 Å². The number of hydrogen-bond donors (Lipinski definition) is 5. The maximum absolute atomic E-state index is 13.3. The number of hydrogen-bond acceptors (Lipinski definition) is 7. The number of aliphatic imine (C=N–C) groups is 1. The number of amides is 1. The number of benzene rings is 1. The Balaban J connectivity index is 1.78. The first-order chi connectivity index (χ1) is 17.3. The number of amidine groups is 1. The van der Waals surface area contributed by atoms with Crippen molar-refractivity contribution in [1.29, 1.82) is 5.41 Å². The number of carbonyl (C=O) groups is 1. The molecule has 2 aromatic rings. The van der Waals surface area contributed by atoms with E-state index in [1.807, 2.05) is 0 Å². The predicted octanol–water partition coefficient (Wildman–Crippen LogP) is 3.39. The number of nitrogens with two attached hydrogens (primary N) is 1. The van der Waals surface area contributed by atoms with Crippen LogP contribution in [-0.4, -0.2) is 47.4 Å². The van der Waals surface area contributed by atoms with Crippen molar-refractivity contribution in [2.75, 3.05) is 18.4 Å². The van der Waals surface area contributed by atoms with E-state index in [0.717, 1.165) is 32.4 Å². The van der Waals surface area contributed by atoms with Crippen molar-refractivity contribution in [3.63, 3.8) is 0 Å². The zero-order valence-electron chi connectivity index (χ0n) is 19.1. The third-order valence-electron chi connectivity index (χ3n) is 5.65. The number of halogens is 3. The Kier molecular flexibility index (Phi) is 7.96. The summed E-state index contributed by atoms with van der Waals surface area (Å²) in [6, 6.07) is 4.20. The number of aromatic nitrogens is 2. The molecular formula is C23H25ClF2N8O2. The highest BCUT2D eigenvalue weighted by molar-refractivity contribution is 6.31. The van der Waals surface area contributed by atoms with Gasteiger partial charge in [0.25, 0.3) is 5.91 Å². The number of alkyl halides is 2. The molecule has 1 aromatic heterocycles. The summed E-state index contributed by atoms with van der Waals surface area (Å²) in [6.07, 6.45) is 8.80. The van der Waals surface area contributed by atoms with Crippen LogP contribution in [0.2, 0.25) is 5.02 Å². The Morgan fingerprint density at radius 3 is 2.89 bits per heavy atom. The minimum atomic E-state index is -3.07. The standard InChI is InChI=1S/C23H25ClF2N8O2/c24-13-4-5-17(36-23(25)26)15(11-13)19-16(12-34(33-19)14-3-1-7-29-10-6-14)32-22(35)18(20(27)28)21-30-8-2-9-31-21/h2,4-5,8-9,11-12,14,23,29-30H,1,3,6-7,10H2,(H3,27,28)(H,32,35)/b21-18-. The van der Waals surface area contributed by atoms with E-state index in [4.69, 9.17) is 27.5 Å². The van der Waals surface area contributed by atoms with Crippen LogP contribution in [0.5, 0.6) is 5.75 Å². The van der Waals surface area contributed by atoms with Crippen molar-refractivity contribution in [1.82, 2.24) is 20.4 Å². The molecule has 0 aliphatic carbocycles. The molecule has 1 aromatic carbocycles. The molecule has 6 N–H and O–H groups in total. The van der Waals surface area contributed by atoms with E-state index in [2.05, 4.69) is 26.0 Å². The lowest BCUT2D eigenvalue weighted by Crippen LogP contribution is -2.29. The van der Waals surface area contributed by atoms with Crippen molar-refractivity contribution in [2.45, 2.75) is 31.9 Å². The van der Waals surface area contributed by atoms with E-state index in [9.17, 15) is 13.6 Å². The molecule has 36 heavy (non-hydrogen) atoms. The third kappa shape index (κ3) is 5.89. The van der Waals surface area contributed by atoms with Crippen molar-refractivity contribution in [3.8, 4) is 17.0 Å². The number of ether oxygens (including phenoxy) is 1. The predicted molar refractivity (Wildman–Crippen MR) is 133 cm³/mol. The van der Waals surface area contributed by atoms with Crippen LogP contribution in [0.4, 0.5) is 14.5 Å². The summed E-state index contributed by atoms with van der Waals surface area (Å²) >= 11 is 6.18. The molecule has 4 rings (SSSR count). The van der Waals surface area contributed by atoms with Crippen molar-refractivity contribution >= 4 is 35.2 Å². The van der Waals surface area contributed by atoms with Crippen LogP contribution in [0, 0.1) is 5.41 Å². The van der Waals surface area contributed by atoms with Gasteiger partial charge in [-0.2, -0.15) is 13.9 Å². The van der Waals surface area contributed by atoms with Gasteiger partial charge in [-0.15, -0.1) is 0 Å². The van der Waals surface area contributed by atoms with E-state index in [0.29, 0.717) is 0 Å². The van der Waals surface area contributed by atoms with Crippen molar-refractivity contribution < 1.29 is 18.3 Å². The molecule has 0 saturated carbocycles. The fourth-order valence-corrected chi connectivity index (χ4v) is 4.20. The van der Waals surface area contributed by atoms with Crippen molar-refractivity contribution in [3.05, 3.63) is 53.1 Å². The molecule has 10 nitrogen and oxygen atoms in total. The average molecular weight is 519 g/mol. The number of nitrogens with zero attached hydrogens (tertiary/aromatic N) is 3. The zero-order chi connectivity index (χ0) is 25.7. The molecule has 0 bridgehead atoms. The highest BCUT2D eigenvalue weighted by Gasteiger charge is 2.26. The van der Waals surface area contributed by atoms with E-state index in [-0.39, 0.29) is 45.2 Å².